The number of hydrogen-bond donors (Lipinski definition) is 2. The third kappa shape index (κ3) is 4.24. The van der Waals surface area contributed by atoms with E-state index in [2.05, 4.69) is 9.88 Å². The molecule has 0 spiro atoms. The summed E-state index contributed by atoms with van der Waals surface area (Å²) in [5.41, 5.74) is 5.05. The molecule has 6 rings (SSSR count). The molecule has 0 aliphatic carbocycles. The predicted molar refractivity (Wildman–Crippen MR) is 153 cm³/mol. The van der Waals surface area contributed by atoms with Crippen LogP contribution in [0.15, 0.2) is 121 Å². The largest absolute Gasteiger partial charge is 0.478 e. The van der Waals surface area contributed by atoms with Crippen molar-refractivity contribution in [3.63, 3.8) is 0 Å². The Morgan fingerprint density at radius 2 is 0.949 bits per heavy atom. The molecule has 2 N–H and O–H groups in total. The molecule has 39 heavy (non-hydrogen) atoms. The fourth-order valence-corrected chi connectivity index (χ4v) is 5.02. The van der Waals surface area contributed by atoms with Gasteiger partial charge in [-0.25, -0.2) is 14.6 Å². The minimum Gasteiger partial charge on any atom is -0.478 e. The van der Waals surface area contributed by atoms with Gasteiger partial charge in [-0.15, -0.1) is 0 Å². The van der Waals surface area contributed by atoms with Gasteiger partial charge < -0.3 is 15.1 Å². The molecule has 0 radical (unpaired) electrons. The molecule has 6 aromatic rings. The number of aromatic carboxylic acids is 2. The van der Waals surface area contributed by atoms with Crippen molar-refractivity contribution in [2.75, 3.05) is 4.90 Å². The molecule has 188 valence electrons. The Morgan fingerprint density at radius 3 is 1.38 bits per heavy atom. The van der Waals surface area contributed by atoms with E-state index >= 15 is 0 Å². The molecule has 1 heterocycles. The number of fused-ring (bicyclic) bond motifs is 2. The van der Waals surface area contributed by atoms with Gasteiger partial charge in [0.05, 0.1) is 22.2 Å². The first-order valence-corrected chi connectivity index (χ1v) is 12.4. The molecule has 0 amide bonds. The molecule has 0 unspecified atom stereocenters. The van der Waals surface area contributed by atoms with Crippen LogP contribution < -0.4 is 4.90 Å². The standard InChI is InChI=1S/C33H22N2O4/c36-32(37)27-15-7-13-25-29(26-14-8-16-28(33(38)39)31(26)34-30(25)27)21-17-19-24(20-18-21)35(22-9-3-1-4-10-22)23-11-5-2-6-12-23/h1-20H,(H,36,37)(H,38,39). The van der Waals surface area contributed by atoms with E-state index in [9.17, 15) is 19.8 Å². The number of nitrogens with zero attached hydrogens (tertiary/aromatic N) is 2. The Hall–Kier alpha value is -5.49. The second kappa shape index (κ2) is 9.76. The van der Waals surface area contributed by atoms with Crippen LogP contribution in [0.25, 0.3) is 32.9 Å². The van der Waals surface area contributed by atoms with Crippen molar-refractivity contribution in [1.82, 2.24) is 4.98 Å². The van der Waals surface area contributed by atoms with Gasteiger partial charge >= 0.3 is 11.9 Å². The maximum Gasteiger partial charge on any atom is 0.337 e. The first-order chi connectivity index (χ1) is 19.0. The maximum absolute atomic E-state index is 12.0. The van der Waals surface area contributed by atoms with Crippen LogP contribution in [-0.2, 0) is 0 Å². The van der Waals surface area contributed by atoms with Crippen molar-refractivity contribution in [2.24, 2.45) is 0 Å². The van der Waals surface area contributed by atoms with Crippen molar-refractivity contribution < 1.29 is 19.8 Å². The van der Waals surface area contributed by atoms with Crippen LogP contribution in [0.1, 0.15) is 20.7 Å². The monoisotopic (exact) mass is 510 g/mol. The van der Waals surface area contributed by atoms with Crippen molar-refractivity contribution in [2.45, 2.75) is 0 Å². The van der Waals surface area contributed by atoms with E-state index < -0.39 is 11.9 Å². The molecule has 0 saturated carbocycles. The third-order valence-electron chi connectivity index (χ3n) is 6.74. The number of aromatic nitrogens is 1. The smallest absolute Gasteiger partial charge is 0.337 e. The topological polar surface area (TPSA) is 90.7 Å². The van der Waals surface area contributed by atoms with Crippen molar-refractivity contribution in [3.05, 3.63) is 132 Å². The molecule has 5 aromatic carbocycles. The highest BCUT2D eigenvalue weighted by molar-refractivity contribution is 6.17. The lowest BCUT2D eigenvalue weighted by atomic mass is 9.93. The van der Waals surface area contributed by atoms with E-state index in [-0.39, 0.29) is 22.2 Å². The average molecular weight is 511 g/mol. The van der Waals surface area contributed by atoms with Crippen LogP contribution in [0, 0.1) is 0 Å². The number of anilines is 3. The molecular formula is C33H22N2O4. The third-order valence-corrected chi connectivity index (χ3v) is 6.74. The fourth-order valence-electron chi connectivity index (χ4n) is 5.02. The zero-order valence-electron chi connectivity index (χ0n) is 20.7. The lowest BCUT2D eigenvalue weighted by Crippen LogP contribution is -2.09. The summed E-state index contributed by atoms with van der Waals surface area (Å²) in [7, 11) is 0. The van der Waals surface area contributed by atoms with Gasteiger partial charge in [-0.3, -0.25) is 0 Å². The van der Waals surface area contributed by atoms with E-state index in [4.69, 9.17) is 0 Å². The minimum absolute atomic E-state index is 0.0202. The molecule has 0 aliphatic heterocycles. The normalized spacial score (nSPS) is 11.0. The highest BCUT2D eigenvalue weighted by Gasteiger charge is 2.20. The lowest BCUT2D eigenvalue weighted by molar-refractivity contribution is 0.0688. The zero-order chi connectivity index (χ0) is 26.9. The zero-order valence-corrected chi connectivity index (χ0v) is 20.7. The second-order valence-corrected chi connectivity index (χ2v) is 9.05. The Morgan fingerprint density at radius 1 is 0.513 bits per heavy atom. The molecule has 0 atom stereocenters. The number of carbonyl (C=O) groups is 2. The Kier molecular flexibility index (Phi) is 5.98. The van der Waals surface area contributed by atoms with Gasteiger partial charge in [-0.05, 0) is 54.1 Å². The van der Waals surface area contributed by atoms with Crippen LogP contribution in [0.2, 0.25) is 0 Å². The molecule has 0 aliphatic rings. The second-order valence-electron chi connectivity index (χ2n) is 9.05. The number of benzene rings is 5. The number of pyridine rings is 1. The predicted octanol–water partition coefficient (Wildman–Crippen LogP) is 7.92. The van der Waals surface area contributed by atoms with Gasteiger partial charge in [0.15, 0.2) is 0 Å². The Labute approximate surface area is 224 Å². The van der Waals surface area contributed by atoms with Gasteiger partial charge in [-0.1, -0.05) is 72.8 Å². The van der Waals surface area contributed by atoms with E-state index in [0.717, 1.165) is 28.2 Å². The highest BCUT2D eigenvalue weighted by Crippen LogP contribution is 2.39. The van der Waals surface area contributed by atoms with Crippen molar-refractivity contribution >= 4 is 50.8 Å². The number of para-hydroxylation sites is 4. The summed E-state index contributed by atoms with van der Waals surface area (Å²) in [6.45, 7) is 0. The van der Waals surface area contributed by atoms with E-state index in [1.54, 1.807) is 12.1 Å². The Bertz CT molecular complexity index is 1740. The summed E-state index contributed by atoms with van der Waals surface area (Å²) in [6, 6.07) is 38.1. The summed E-state index contributed by atoms with van der Waals surface area (Å²) in [5, 5.41) is 21.0. The van der Waals surface area contributed by atoms with Crippen LogP contribution in [0.4, 0.5) is 17.1 Å². The van der Waals surface area contributed by atoms with Crippen molar-refractivity contribution in [1.29, 1.82) is 0 Å². The summed E-state index contributed by atoms with van der Waals surface area (Å²) in [6.07, 6.45) is 0. The van der Waals surface area contributed by atoms with Gasteiger partial charge in [0.2, 0.25) is 0 Å². The Balaban J connectivity index is 1.59. The van der Waals surface area contributed by atoms with Crippen LogP contribution in [0.3, 0.4) is 0 Å². The number of rotatable bonds is 6. The quantitative estimate of drug-likeness (QED) is 0.221. The molecule has 1 aromatic heterocycles. The molecular weight excluding hydrogens is 488 g/mol. The van der Waals surface area contributed by atoms with Gasteiger partial charge in [0, 0.05) is 33.4 Å². The van der Waals surface area contributed by atoms with E-state index in [0.29, 0.717) is 10.8 Å². The minimum atomic E-state index is -1.12. The SMILES string of the molecule is O=C(O)c1cccc2c(-c3ccc(N(c4ccccc4)c4ccccc4)cc3)c3cccc(C(=O)O)c3nc12. The number of carboxylic acids is 2. The van der Waals surface area contributed by atoms with Crippen LogP contribution in [-0.4, -0.2) is 27.1 Å². The number of carboxylic acid groups (broad SMARTS) is 2. The molecule has 6 nitrogen and oxygen atoms in total. The summed E-state index contributed by atoms with van der Waals surface area (Å²) in [5.74, 6) is -2.24. The molecule has 0 fully saturated rings. The van der Waals surface area contributed by atoms with E-state index in [1.165, 1.54) is 12.1 Å². The highest BCUT2D eigenvalue weighted by atomic mass is 16.4. The lowest BCUT2D eigenvalue weighted by Gasteiger charge is -2.25. The first kappa shape index (κ1) is 23.9. The van der Waals surface area contributed by atoms with Gasteiger partial charge in [-0.2, -0.15) is 0 Å². The van der Waals surface area contributed by atoms with E-state index in [1.807, 2.05) is 97.1 Å². The molecule has 6 heteroatoms. The number of hydrogen-bond acceptors (Lipinski definition) is 4. The van der Waals surface area contributed by atoms with Gasteiger partial charge in [0.25, 0.3) is 0 Å². The van der Waals surface area contributed by atoms with Gasteiger partial charge in [0.1, 0.15) is 0 Å². The summed E-state index contributed by atoms with van der Waals surface area (Å²) >= 11 is 0. The average Bonchev–Trinajstić information content (AvgIpc) is 2.97. The molecule has 0 saturated heterocycles. The van der Waals surface area contributed by atoms with Crippen LogP contribution >= 0.6 is 0 Å². The maximum atomic E-state index is 12.0. The van der Waals surface area contributed by atoms with Crippen LogP contribution in [0.5, 0.6) is 0 Å². The molecule has 0 bridgehead atoms. The summed E-state index contributed by atoms with van der Waals surface area (Å²) < 4.78 is 0. The fraction of sp³-hybridized carbons (Fsp3) is 0. The van der Waals surface area contributed by atoms with Crippen molar-refractivity contribution in [3.8, 4) is 11.1 Å². The first-order valence-electron chi connectivity index (χ1n) is 12.4. The summed E-state index contributed by atoms with van der Waals surface area (Å²) in [4.78, 5) is 30.8.